The number of benzene rings is 1. The second kappa shape index (κ2) is 5.16. The van der Waals surface area contributed by atoms with Gasteiger partial charge in [0.2, 0.25) is 0 Å². The zero-order chi connectivity index (χ0) is 11.4. The molecule has 0 radical (unpaired) electrons. The van der Waals surface area contributed by atoms with Gasteiger partial charge in [0.15, 0.2) is 17.3 Å². The van der Waals surface area contributed by atoms with Gasteiger partial charge in [-0.3, -0.25) is 4.79 Å². The molecular weight excluding hydrogens is 260 g/mol. The number of halogens is 1. The van der Waals surface area contributed by atoms with Gasteiger partial charge in [-0.1, -0.05) is 6.92 Å². The fourth-order valence-electron chi connectivity index (χ4n) is 1.30. The molecule has 3 nitrogen and oxygen atoms in total. The zero-order valence-electron chi connectivity index (χ0n) is 8.96. The van der Waals surface area contributed by atoms with E-state index in [0.29, 0.717) is 28.0 Å². The van der Waals surface area contributed by atoms with Gasteiger partial charge < -0.3 is 9.47 Å². The number of carbonyl (C=O) groups is 1. The summed E-state index contributed by atoms with van der Waals surface area (Å²) in [7, 11) is 3.11. The van der Waals surface area contributed by atoms with E-state index in [-0.39, 0.29) is 5.78 Å². The number of methoxy groups -OCH3 is 2. The van der Waals surface area contributed by atoms with Crippen LogP contribution in [0, 0.1) is 0 Å². The van der Waals surface area contributed by atoms with Crippen molar-refractivity contribution in [3.8, 4) is 11.5 Å². The molecule has 0 spiro atoms. The number of carbonyl (C=O) groups excluding carboxylic acids is 1. The van der Waals surface area contributed by atoms with Crippen LogP contribution < -0.4 is 9.47 Å². The lowest BCUT2D eigenvalue weighted by atomic mass is 10.1. The molecule has 4 heteroatoms. The second-order valence-electron chi connectivity index (χ2n) is 2.94. The number of hydrogen-bond donors (Lipinski definition) is 0. The molecule has 15 heavy (non-hydrogen) atoms. The molecule has 0 heterocycles. The Morgan fingerprint density at radius 2 is 2.00 bits per heavy atom. The van der Waals surface area contributed by atoms with Crippen molar-refractivity contribution in [2.75, 3.05) is 14.2 Å². The first-order chi connectivity index (χ1) is 7.15. The molecule has 0 bridgehead atoms. The van der Waals surface area contributed by atoms with Crippen LogP contribution in [0.25, 0.3) is 0 Å². The molecule has 0 saturated carbocycles. The Hall–Kier alpha value is -1.03. The van der Waals surface area contributed by atoms with Crippen LogP contribution in [0.2, 0.25) is 0 Å². The van der Waals surface area contributed by atoms with Gasteiger partial charge in [0.1, 0.15) is 0 Å². The molecule has 1 rings (SSSR count). The molecule has 0 saturated heterocycles. The molecule has 82 valence electrons. The van der Waals surface area contributed by atoms with Gasteiger partial charge in [-0.15, -0.1) is 0 Å². The SMILES string of the molecule is CCC(=O)c1ccc(OC)c(OC)c1Br. The summed E-state index contributed by atoms with van der Waals surface area (Å²) in [6.45, 7) is 1.82. The van der Waals surface area contributed by atoms with Crippen LogP contribution in [0.5, 0.6) is 11.5 Å². The first-order valence-electron chi connectivity index (χ1n) is 4.59. The zero-order valence-corrected chi connectivity index (χ0v) is 10.6. The molecule has 1 aromatic carbocycles. The van der Waals surface area contributed by atoms with Crippen LogP contribution in [0.15, 0.2) is 16.6 Å². The van der Waals surface area contributed by atoms with Gasteiger partial charge in [-0.2, -0.15) is 0 Å². The number of ketones is 1. The highest BCUT2D eigenvalue weighted by Crippen LogP contribution is 2.37. The Morgan fingerprint density at radius 3 is 2.47 bits per heavy atom. The quantitative estimate of drug-likeness (QED) is 0.791. The molecule has 0 aliphatic rings. The van der Waals surface area contributed by atoms with E-state index in [4.69, 9.17) is 9.47 Å². The average molecular weight is 273 g/mol. The predicted molar refractivity (Wildman–Crippen MR) is 61.9 cm³/mol. The highest BCUT2D eigenvalue weighted by molar-refractivity contribution is 9.10. The molecule has 0 aliphatic heterocycles. The van der Waals surface area contributed by atoms with E-state index in [9.17, 15) is 4.79 Å². The van der Waals surface area contributed by atoms with E-state index < -0.39 is 0 Å². The molecule has 0 atom stereocenters. The van der Waals surface area contributed by atoms with Crippen molar-refractivity contribution >= 4 is 21.7 Å². The fraction of sp³-hybridized carbons (Fsp3) is 0.364. The minimum absolute atomic E-state index is 0.0721. The van der Waals surface area contributed by atoms with Crippen LogP contribution in [0.3, 0.4) is 0 Å². The summed E-state index contributed by atoms with van der Waals surface area (Å²) in [6.07, 6.45) is 0.466. The van der Waals surface area contributed by atoms with Crippen LogP contribution >= 0.6 is 15.9 Å². The third-order valence-electron chi connectivity index (χ3n) is 2.11. The lowest BCUT2D eigenvalue weighted by molar-refractivity contribution is 0.0987. The molecule has 0 amide bonds. The lowest BCUT2D eigenvalue weighted by Gasteiger charge is -2.11. The van der Waals surface area contributed by atoms with E-state index in [1.807, 2.05) is 6.92 Å². The van der Waals surface area contributed by atoms with Gasteiger partial charge in [0, 0.05) is 12.0 Å². The lowest BCUT2D eigenvalue weighted by Crippen LogP contribution is -2.01. The predicted octanol–water partition coefficient (Wildman–Crippen LogP) is 3.06. The minimum atomic E-state index is 0.0721. The molecule has 0 aliphatic carbocycles. The van der Waals surface area contributed by atoms with Gasteiger partial charge in [0.05, 0.1) is 18.7 Å². The summed E-state index contributed by atoms with van der Waals surface area (Å²) in [5.41, 5.74) is 0.621. The molecule has 0 unspecified atom stereocenters. The highest BCUT2D eigenvalue weighted by Gasteiger charge is 2.16. The molecule has 0 N–H and O–H groups in total. The smallest absolute Gasteiger partial charge is 0.175 e. The van der Waals surface area contributed by atoms with Crippen molar-refractivity contribution in [3.63, 3.8) is 0 Å². The number of ether oxygens (including phenoxy) is 2. The van der Waals surface area contributed by atoms with E-state index in [2.05, 4.69) is 15.9 Å². The van der Waals surface area contributed by atoms with Crippen LogP contribution in [-0.2, 0) is 0 Å². The largest absolute Gasteiger partial charge is 0.493 e. The fourth-order valence-corrected chi connectivity index (χ4v) is 2.01. The van der Waals surface area contributed by atoms with Gasteiger partial charge in [-0.05, 0) is 28.1 Å². The Morgan fingerprint density at radius 1 is 1.33 bits per heavy atom. The maximum absolute atomic E-state index is 11.6. The van der Waals surface area contributed by atoms with Crippen LogP contribution in [-0.4, -0.2) is 20.0 Å². The van der Waals surface area contributed by atoms with E-state index in [0.717, 1.165) is 0 Å². The first-order valence-corrected chi connectivity index (χ1v) is 5.38. The molecule has 0 aromatic heterocycles. The third kappa shape index (κ3) is 2.31. The molecule has 0 fully saturated rings. The van der Waals surface area contributed by atoms with Crippen molar-refractivity contribution in [3.05, 3.63) is 22.2 Å². The van der Waals surface area contributed by atoms with Crippen molar-refractivity contribution in [2.24, 2.45) is 0 Å². The summed E-state index contributed by atoms with van der Waals surface area (Å²) < 4.78 is 10.9. The van der Waals surface area contributed by atoms with E-state index in [1.165, 1.54) is 0 Å². The number of Topliss-reactive ketones (excluding diaryl/α,β-unsaturated/α-hetero) is 1. The summed E-state index contributed by atoms with van der Waals surface area (Å²) in [5, 5.41) is 0. The maximum atomic E-state index is 11.6. The second-order valence-corrected chi connectivity index (χ2v) is 3.73. The highest BCUT2D eigenvalue weighted by atomic mass is 79.9. The van der Waals surface area contributed by atoms with Crippen molar-refractivity contribution in [1.29, 1.82) is 0 Å². The normalized spacial score (nSPS) is 9.87. The Bertz CT molecular complexity index is 374. The first kappa shape index (κ1) is 12.0. The number of rotatable bonds is 4. The third-order valence-corrected chi connectivity index (χ3v) is 2.89. The number of hydrogen-bond acceptors (Lipinski definition) is 3. The van der Waals surface area contributed by atoms with E-state index >= 15 is 0 Å². The van der Waals surface area contributed by atoms with Crippen LogP contribution in [0.4, 0.5) is 0 Å². The summed E-state index contributed by atoms with van der Waals surface area (Å²) in [4.78, 5) is 11.6. The Kier molecular flexibility index (Phi) is 4.15. The van der Waals surface area contributed by atoms with Gasteiger partial charge >= 0.3 is 0 Å². The Labute approximate surface area is 97.5 Å². The Balaban J connectivity index is 3.29. The maximum Gasteiger partial charge on any atom is 0.175 e. The monoisotopic (exact) mass is 272 g/mol. The van der Waals surface area contributed by atoms with E-state index in [1.54, 1.807) is 26.4 Å². The topological polar surface area (TPSA) is 35.5 Å². The average Bonchev–Trinajstić information content (AvgIpc) is 2.27. The summed E-state index contributed by atoms with van der Waals surface area (Å²) in [5.74, 6) is 1.23. The standard InChI is InChI=1S/C11H13BrO3/c1-4-8(13)7-5-6-9(14-2)11(15-3)10(7)12/h5-6H,4H2,1-3H3. The summed E-state index contributed by atoms with van der Waals surface area (Å²) >= 11 is 3.35. The molecule has 1 aromatic rings. The van der Waals surface area contributed by atoms with Crippen molar-refractivity contribution in [1.82, 2.24) is 0 Å². The van der Waals surface area contributed by atoms with Crippen molar-refractivity contribution in [2.45, 2.75) is 13.3 Å². The van der Waals surface area contributed by atoms with Gasteiger partial charge in [0.25, 0.3) is 0 Å². The summed E-state index contributed by atoms with van der Waals surface area (Å²) in [6, 6.07) is 3.46. The van der Waals surface area contributed by atoms with Gasteiger partial charge in [-0.25, -0.2) is 0 Å². The van der Waals surface area contributed by atoms with Crippen molar-refractivity contribution < 1.29 is 14.3 Å². The minimum Gasteiger partial charge on any atom is -0.493 e. The van der Waals surface area contributed by atoms with Crippen LogP contribution in [0.1, 0.15) is 23.7 Å². The molecular formula is C11H13BrO3.